The molecule has 0 spiro atoms. The summed E-state index contributed by atoms with van der Waals surface area (Å²) in [5.41, 5.74) is -3.60. The van der Waals surface area contributed by atoms with Crippen molar-refractivity contribution in [1.29, 1.82) is 0 Å². The molecule has 0 fully saturated rings. The van der Waals surface area contributed by atoms with Crippen LogP contribution in [-0.2, 0) is 9.47 Å². The second-order valence-corrected chi connectivity index (χ2v) is 27.3. The van der Waals surface area contributed by atoms with Gasteiger partial charge in [-0.1, -0.05) is 374 Å². The van der Waals surface area contributed by atoms with Crippen LogP contribution < -0.4 is 0 Å². The van der Waals surface area contributed by atoms with E-state index in [9.17, 15) is 51.1 Å². The minimum Gasteiger partial charge on any atom is -0.394 e. The Hall–Kier alpha value is -0.480. The Morgan fingerprint density at radius 1 is 0.227 bits per heavy atom. The van der Waals surface area contributed by atoms with E-state index in [1.807, 2.05) is 0 Å². The van der Waals surface area contributed by atoms with Crippen LogP contribution in [-0.4, -0.2) is 139 Å². The van der Waals surface area contributed by atoms with Crippen LogP contribution in [0, 0.1) is 0 Å². The van der Waals surface area contributed by atoms with E-state index in [4.69, 9.17) is 9.47 Å². The van der Waals surface area contributed by atoms with Gasteiger partial charge in [0, 0.05) is 13.2 Å². The van der Waals surface area contributed by atoms with Crippen molar-refractivity contribution in [2.75, 3.05) is 39.6 Å². The average Bonchev–Trinajstić information content (AvgIpc) is 2.02. The minimum absolute atomic E-state index is 0.216. The van der Waals surface area contributed by atoms with Crippen molar-refractivity contribution in [1.82, 2.24) is 0 Å². The lowest BCUT2D eigenvalue weighted by molar-refractivity contribution is -0.212. The number of hydrogen-bond donors (Lipinski definition) is 10. The Morgan fingerprint density at radius 3 is 0.545 bits per heavy atom. The fourth-order valence-electron chi connectivity index (χ4n) is 12.9. The van der Waals surface area contributed by atoms with Gasteiger partial charge in [-0.05, 0) is 25.7 Å². The van der Waals surface area contributed by atoms with Crippen LogP contribution >= 0.6 is 0 Å². The quantitative estimate of drug-likeness (QED) is 0.0257. The molecule has 0 aromatic heterocycles. The van der Waals surface area contributed by atoms with Crippen molar-refractivity contribution in [3.05, 3.63) is 0 Å². The van der Waals surface area contributed by atoms with Crippen LogP contribution in [0.15, 0.2) is 0 Å². The van der Waals surface area contributed by atoms with E-state index in [-0.39, 0.29) is 12.8 Å². The van der Waals surface area contributed by atoms with Gasteiger partial charge in [0.2, 0.25) is 0 Å². The molecule has 0 rings (SSSR count). The van der Waals surface area contributed by atoms with Crippen molar-refractivity contribution >= 4 is 0 Å². The molecule has 0 bridgehead atoms. The highest BCUT2D eigenvalue weighted by Crippen LogP contribution is 2.31. The molecule has 12 nitrogen and oxygen atoms in total. The number of hydrogen-bond acceptors (Lipinski definition) is 12. The summed E-state index contributed by atoms with van der Waals surface area (Å²) in [5, 5.41) is 104. The van der Waals surface area contributed by atoms with Crippen molar-refractivity contribution in [3.8, 4) is 0 Å². The van der Waals surface area contributed by atoms with Crippen LogP contribution in [0.2, 0.25) is 0 Å². The number of rotatable bonds is 72. The van der Waals surface area contributed by atoms with Gasteiger partial charge in [0.05, 0.1) is 26.4 Å². The van der Waals surface area contributed by atoms with Gasteiger partial charge >= 0.3 is 0 Å². The van der Waals surface area contributed by atoms with Crippen molar-refractivity contribution in [2.24, 2.45) is 0 Å². The summed E-state index contributed by atoms with van der Waals surface area (Å²) in [6, 6.07) is 0. The Labute approximate surface area is 545 Å². The molecule has 8 atom stereocenters. The molecule has 0 aromatic rings. The van der Waals surface area contributed by atoms with E-state index in [0.717, 1.165) is 77.0 Å². The first-order chi connectivity index (χ1) is 42.9. The fraction of sp³-hybridized carbons (Fsp3) is 1.00. The molecule has 0 unspecified atom stereocenters. The highest BCUT2D eigenvalue weighted by atomic mass is 16.5. The summed E-state index contributed by atoms with van der Waals surface area (Å²) in [6.45, 7) is 7.36. The monoisotopic (exact) mass is 1260 g/mol. The number of ether oxygens (including phenoxy) is 2. The SMILES string of the molecule is CCCCCCCCCCCCCCCCO[C@H]([C@H](O)CO)[C@@](O)(CCCCCCCCCCCCCCCC)[C@H](O)CO.CCCCCCCCCCCCCCCCO[C@H]([C@H](O)CO)[C@@](O)(CCCCCCCCCCCCCCCC)[C@H](O)CO. The van der Waals surface area contributed by atoms with Crippen molar-refractivity contribution in [3.63, 3.8) is 0 Å². The third-order valence-electron chi connectivity index (χ3n) is 19.0. The molecule has 0 heterocycles. The molecule has 0 saturated heterocycles. The van der Waals surface area contributed by atoms with Crippen molar-refractivity contribution in [2.45, 2.75) is 448 Å². The van der Waals surface area contributed by atoms with Gasteiger partial charge in [-0.2, -0.15) is 0 Å². The smallest absolute Gasteiger partial charge is 0.121 e. The van der Waals surface area contributed by atoms with Gasteiger partial charge in [-0.25, -0.2) is 0 Å². The predicted molar refractivity (Wildman–Crippen MR) is 372 cm³/mol. The Bertz CT molecular complexity index is 1220. The normalized spacial score (nSPS) is 15.3. The lowest BCUT2D eigenvalue weighted by Gasteiger charge is -2.41. The lowest BCUT2D eigenvalue weighted by Crippen LogP contribution is -2.59. The fourth-order valence-corrected chi connectivity index (χ4v) is 12.9. The first kappa shape index (κ1) is 89.6. The molecule has 532 valence electrons. The molecule has 12 heteroatoms. The predicted octanol–water partition coefficient (Wildman–Crippen LogP) is 18.3. The molecule has 0 aliphatic rings. The Kier molecular flexibility index (Phi) is 70.6. The lowest BCUT2D eigenvalue weighted by atomic mass is 9.82. The number of aliphatic hydroxyl groups is 10. The zero-order valence-corrected chi connectivity index (χ0v) is 59.0. The molecule has 88 heavy (non-hydrogen) atoms. The van der Waals surface area contributed by atoms with Crippen LogP contribution in [0.1, 0.15) is 400 Å². The number of aliphatic hydroxyl groups excluding tert-OH is 8. The molecular formula is C76H156O12. The maximum atomic E-state index is 11.4. The summed E-state index contributed by atoms with van der Waals surface area (Å²) in [4.78, 5) is 0. The maximum Gasteiger partial charge on any atom is 0.121 e. The van der Waals surface area contributed by atoms with Gasteiger partial charge in [0.15, 0.2) is 0 Å². The Balaban J connectivity index is 0. The zero-order chi connectivity index (χ0) is 65.1. The highest BCUT2D eigenvalue weighted by Gasteiger charge is 2.48. The molecular weight excluding hydrogens is 1100 g/mol. The molecule has 0 saturated carbocycles. The molecule has 0 radical (unpaired) electrons. The van der Waals surface area contributed by atoms with E-state index >= 15 is 0 Å². The molecule has 0 aliphatic carbocycles. The van der Waals surface area contributed by atoms with E-state index < -0.39 is 74.3 Å². The zero-order valence-electron chi connectivity index (χ0n) is 59.0. The molecule has 0 aliphatic heterocycles. The van der Waals surface area contributed by atoms with E-state index in [2.05, 4.69) is 27.7 Å². The van der Waals surface area contributed by atoms with E-state index in [0.29, 0.717) is 26.1 Å². The first-order valence-electron chi connectivity index (χ1n) is 38.8. The number of unbranched alkanes of at least 4 members (excludes halogenated alkanes) is 52. The summed E-state index contributed by atoms with van der Waals surface area (Å²) >= 11 is 0. The van der Waals surface area contributed by atoms with Gasteiger partial charge in [-0.3, -0.25) is 0 Å². The van der Waals surface area contributed by atoms with Crippen LogP contribution in [0.4, 0.5) is 0 Å². The van der Waals surface area contributed by atoms with Crippen LogP contribution in [0.25, 0.3) is 0 Å². The van der Waals surface area contributed by atoms with Crippen molar-refractivity contribution < 1.29 is 60.5 Å². The second kappa shape index (κ2) is 69.4. The average molecular weight is 1260 g/mol. The van der Waals surface area contributed by atoms with Gasteiger partial charge < -0.3 is 60.5 Å². The third-order valence-corrected chi connectivity index (χ3v) is 19.0. The van der Waals surface area contributed by atoms with Gasteiger partial charge in [0.25, 0.3) is 0 Å². The highest BCUT2D eigenvalue weighted by molar-refractivity contribution is 4.98. The van der Waals surface area contributed by atoms with Gasteiger partial charge in [0.1, 0.15) is 47.8 Å². The molecule has 0 aromatic carbocycles. The Morgan fingerprint density at radius 2 is 0.386 bits per heavy atom. The summed E-state index contributed by atoms with van der Waals surface area (Å²) in [5.74, 6) is 0. The second-order valence-electron chi connectivity index (χ2n) is 27.3. The van der Waals surface area contributed by atoms with Crippen LogP contribution in [0.5, 0.6) is 0 Å². The minimum atomic E-state index is -1.80. The molecule has 10 N–H and O–H groups in total. The van der Waals surface area contributed by atoms with Gasteiger partial charge in [-0.15, -0.1) is 0 Å². The third kappa shape index (κ3) is 52.8. The van der Waals surface area contributed by atoms with Crippen LogP contribution in [0.3, 0.4) is 0 Å². The topological polar surface area (TPSA) is 221 Å². The maximum absolute atomic E-state index is 11.4. The molecule has 0 amide bonds. The van der Waals surface area contributed by atoms with E-state index in [1.165, 1.54) is 270 Å². The largest absolute Gasteiger partial charge is 0.394 e. The first-order valence-corrected chi connectivity index (χ1v) is 38.8. The summed E-state index contributed by atoms with van der Waals surface area (Å²) < 4.78 is 11.9. The van der Waals surface area contributed by atoms with E-state index in [1.54, 1.807) is 0 Å². The summed E-state index contributed by atoms with van der Waals surface area (Å²) in [6.07, 6.45) is 62.2. The standard InChI is InChI=1S/2C38H78O6/c2*1-3-5-7-9-11-13-15-17-19-21-23-25-27-29-31-38(43,36(42)34-40)37(35(41)33-39)44-32-30-28-26-24-22-20-18-16-14-12-10-8-6-4-2/h2*35-37,39-43H,3-34H2,1-2H3/t2*35-,36-,37-,38-/m11/s1. The summed E-state index contributed by atoms with van der Waals surface area (Å²) in [7, 11) is 0.